The molecule has 0 saturated carbocycles. The van der Waals surface area contributed by atoms with Gasteiger partial charge in [0.15, 0.2) is 5.92 Å². The number of benzene rings is 1. The Morgan fingerprint density at radius 3 is 1.96 bits per heavy atom. The van der Waals surface area contributed by atoms with Gasteiger partial charge in [-0.05, 0) is 19.4 Å². The molecule has 1 aliphatic rings. The summed E-state index contributed by atoms with van der Waals surface area (Å²) in [5, 5.41) is -0.468. The van der Waals surface area contributed by atoms with Crippen molar-refractivity contribution < 1.29 is 28.7 Å². The molecular weight excluding hydrogens is 336 g/mol. The van der Waals surface area contributed by atoms with E-state index in [0.29, 0.717) is 0 Å². The normalized spacial score (nSPS) is 13.8. The summed E-state index contributed by atoms with van der Waals surface area (Å²) in [5.74, 6) is -5.06. The standard InChI is InChI=1S/C17H15ClO6/c1-3-23-16(21)12(17(22)24-4-2)11-9-7-5-6-8-10(9)14(19)15(20)13(11)18/h5-8,12H,3-4H2,1-2H3. The molecule has 0 atom stereocenters. The molecule has 24 heavy (non-hydrogen) atoms. The van der Waals surface area contributed by atoms with Crippen LogP contribution in [0.4, 0.5) is 0 Å². The Bertz CT molecular complexity index is 731. The van der Waals surface area contributed by atoms with Crippen molar-refractivity contribution in [3.63, 3.8) is 0 Å². The molecule has 126 valence electrons. The molecule has 0 aliphatic heterocycles. The average Bonchev–Trinajstić information content (AvgIpc) is 2.57. The van der Waals surface area contributed by atoms with Gasteiger partial charge in [-0.25, -0.2) is 0 Å². The number of carbonyl (C=O) groups is 4. The van der Waals surface area contributed by atoms with Crippen molar-refractivity contribution in [1.82, 2.24) is 0 Å². The molecule has 1 aromatic carbocycles. The Labute approximate surface area is 143 Å². The lowest BCUT2D eigenvalue weighted by molar-refractivity contribution is -0.158. The predicted octanol–water partition coefficient (Wildman–Crippen LogP) is 2.14. The molecule has 0 heterocycles. The van der Waals surface area contributed by atoms with Crippen molar-refractivity contribution in [2.45, 2.75) is 13.8 Å². The van der Waals surface area contributed by atoms with Gasteiger partial charge in [0, 0.05) is 11.1 Å². The Kier molecular flexibility index (Phi) is 5.51. The lowest BCUT2D eigenvalue weighted by Crippen LogP contribution is -2.33. The molecular formula is C17H15ClO6. The topological polar surface area (TPSA) is 86.7 Å². The third-order valence-electron chi connectivity index (χ3n) is 3.44. The van der Waals surface area contributed by atoms with E-state index in [4.69, 9.17) is 21.1 Å². The second-order valence-electron chi connectivity index (χ2n) is 4.87. The zero-order valence-electron chi connectivity index (χ0n) is 13.1. The molecule has 0 saturated heterocycles. The molecule has 0 aromatic heterocycles. The molecule has 0 spiro atoms. The minimum absolute atomic E-state index is 0.0359. The number of ether oxygens (including phenoxy) is 2. The van der Waals surface area contributed by atoms with Gasteiger partial charge in [0.25, 0.3) is 0 Å². The van der Waals surface area contributed by atoms with Gasteiger partial charge in [-0.3, -0.25) is 19.2 Å². The lowest BCUT2D eigenvalue weighted by atomic mass is 9.82. The van der Waals surface area contributed by atoms with Crippen molar-refractivity contribution in [1.29, 1.82) is 0 Å². The summed E-state index contributed by atoms with van der Waals surface area (Å²) in [7, 11) is 0. The number of hydrogen-bond acceptors (Lipinski definition) is 6. The fraction of sp³-hybridized carbons (Fsp3) is 0.294. The van der Waals surface area contributed by atoms with Gasteiger partial charge in [0.2, 0.25) is 11.6 Å². The summed E-state index contributed by atoms with van der Waals surface area (Å²) in [4.78, 5) is 48.8. The summed E-state index contributed by atoms with van der Waals surface area (Å²) in [5.41, 5.74) is 0.271. The van der Waals surface area contributed by atoms with Crippen LogP contribution in [0.25, 0.3) is 5.57 Å². The van der Waals surface area contributed by atoms with Gasteiger partial charge >= 0.3 is 11.9 Å². The minimum atomic E-state index is -1.53. The Morgan fingerprint density at radius 1 is 0.958 bits per heavy atom. The van der Waals surface area contributed by atoms with Crippen molar-refractivity contribution in [3.8, 4) is 0 Å². The summed E-state index contributed by atoms with van der Waals surface area (Å²) in [6.07, 6.45) is 0. The quantitative estimate of drug-likeness (QED) is 0.459. The van der Waals surface area contributed by atoms with Crippen LogP contribution in [0.5, 0.6) is 0 Å². The van der Waals surface area contributed by atoms with E-state index in [1.54, 1.807) is 26.0 Å². The van der Waals surface area contributed by atoms with Crippen LogP contribution < -0.4 is 0 Å². The van der Waals surface area contributed by atoms with E-state index in [2.05, 4.69) is 0 Å². The number of Topliss-reactive ketones (excluding diaryl/α,β-unsaturated/α-hetero) is 2. The Balaban J connectivity index is 2.66. The van der Waals surface area contributed by atoms with E-state index >= 15 is 0 Å². The molecule has 0 fully saturated rings. The van der Waals surface area contributed by atoms with Gasteiger partial charge in [-0.15, -0.1) is 0 Å². The molecule has 0 amide bonds. The molecule has 7 heteroatoms. The molecule has 6 nitrogen and oxygen atoms in total. The number of halogens is 1. The van der Waals surface area contributed by atoms with Crippen molar-refractivity contribution in [2.75, 3.05) is 13.2 Å². The predicted molar refractivity (Wildman–Crippen MR) is 85.3 cm³/mol. The van der Waals surface area contributed by atoms with E-state index in [-0.39, 0.29) is 29.9 Å². The fourth-order valence-electron chi connectivity index (χ4n) is 2.44. The summed E-state index contributed by atoms with van der Waals surface area (Å²) in [6.45, 7) is 3.24. The molecule has 0 unspecified atom stereocenters. The first-order valence-corrected chi connectivity index (χ1v) is 7.73. The number of carbonyl (C=O) groups excluding carboxylic acids is 4. The first kappa shape index (κ1) is 17.9. The summed E-state index contributed by atoms with van der Waals surface area (Å²) in [6, 6.07) is 6.14. The molecule has 0 radical (unpaired) electrons. The molecule has 0 N–H and O–H groups in total. The van der Waals surface area contributed by atoms with E-state index in [9.17, 15) is 19.2 Å². The first-order chi connectivity index (χ1) is 11.4. The van der Waals surface area contributed by atoms with E-state index in [1.165, 1.54) is 12.1 Å². The van der Waals surface area contributed by atoms with Gasteiger partial charge in [-0.1, -0.05) is 35.9 Å². The number of rotatable bonds is 5. The second kappa shape index (κ2) is 7.40. The maximum absolute atomic E-state index is 12.3. The van der Waals surface area contributed by atoms with Crippen LogP contribution in [0.1, 0.15) is 29.8 Å². The third-order valence-corrected chi connectivity index (χ3v) is 3.81. The SMILES string of the molecule is CCOC(=O)C(C(=O)OCC)C1=C(Cl)C(=O)C(=O)c2ccccc21. The van der Waals surface area contributed by atoms with Crippen LogP contribution in [0, 0.1) is 5.92 Å². The minimum Gasteiger partial charge on any atom is -0.465 e. The largest absolute Gasteiger partial charge is 0.465 e. The maximum atomic E-state index is 12.3. The molecule has 0 bridgehead atoms. The Hall–Kier alpha value is -2.47. The average molecular weight is 351 g/mol. The van der Waals surface area contributed by atoms with Crippen LogP contribution in [0.2, 0.25) is 0 Å². The van der Waals surface area contributed by atoms with Gasteiger partial charge in [0.05, 0.1) is 18.2 Å². The highest BCUT2D eigenvalue weighted by atomic mass is 35.5. The fourth-order valence-corrected chi connectivity index (χ4v) is 2.74. The first-order valence-electron chi connectivity index (χ1n) is 7.35. The van der Waals surface area contributed by atoms with Crippen LogP contribution in [0.3, 0.4) is 0 Å². The van der Waals surface area contributed by atoms with E-state index in [0.717, 1.165) is 0 Å². The van der Waals surface area contributed by atoms with Crippen molar-refractivity contribution >= 4 is 40.7 Å². The van der Waals surface area contributed by atoms with Crippen molar-refractivity contribution in [3.05, 3.63) is 40.4 Å². The maximum Gasteiger partial charge on any atom is 0.324 e. The molecule has 1 aliphatic carbocycles. The number of fused-ring (bicyclic) bond motifs is 1. The zero-order valence-corrected chi connectivity index (χ0v) is 13.9. The van der Waals surface area contributed by atoms with Crippen LogP contribution >= 0.6 is 11.6 Å². The van der Waals surface area contributed by atoms with Crippen LogP contribution in [-0.2, 0) is 23.9 Å². The monoisotopic (exact) mass is 350 g/mol. The molecule has 2 rings (SSSR count). The highest BCUT2D eigenvalue weighted by Gasteiger charge is 2.42. The van der Waals surface area contributed by atoms with Crippen molar-refractivity contribution in [2.24, 2.45) is 5.92 Å². The third kappa shape index (κ3) is 3.10. The van der Waals surface area contributed by atoms with E-state index < -0.39 is 34.5 Å². The second-order valence-corrected chi connectivity index (χ2v) is 5.25. The van der Waals surface area contributed by atoms with Gasteiger partial charge in [-0.2, -0.15) is 0 Å². The van der Waals surface area contributed by atoms with E-state index in [1.807, 2.05) is 0 Å². The number of hydrogen-bond donors (Lipinski definition) is 0. The lowest BCUT2D eigenvalue weighted by Gasteiger charge is -2.23. The number of allylic oxidation sites excluding steroid dienone is 1. The zero-order chi connectivity index (χ0) is 17.9. The molecule has 1 aromatic rings. The summed E-state index contributed by atoms with van der Waals surface area (Å²) >= 11 is 6.03. The number of ketones is 2. The smallest absolute Gasteiger partial charge is 0.324 e. The number of esters is 2. The summed E-state index contributed by atoms with van der Waals surface area (Å²) < 4.78 is 9.84. The Morgan fingerprint density at radius 2 is 1.46 bits per heavy atom. The highest BCUT2D eigenvalue weighted by Crippen LogP contribution is 2.37. The highest BCUT2D eigenvalue weighted by molar-refractivity contribution is 6.64. The van der Waals surface area contributed by atoms with Gasteiger partial charge in [0.1, 0.15) is 0 Å². The van der Waals surface area contributed by atoms with Crippen LogP contribution in [0.15, 0.2) is 29.3 Å². The van der Waals surface area contributed by atoms with Crippen LogP contribution in [-0.4, -0.2) is 36.7 Å². The van der Waals surface area contributed by atoms with Gasteiger partial charge < -0.3 is 9.47 Å².